The number of nitrogens with zero attached hydrogens (tertiary/aromatic N) is 1. The van der Waals surface area contributed by atoms with Crippen LogP contribution in [0.1, 0.15) is 91.3 Å². The third-order valence-electron chi connectivity index (χ3n) is 3.79. The van der Waals surface area contributed by atoms with Crippen LogP contribution < -0.4 is 0 Å². The first-order valence-electron chi connectivity index (χ1n) is 11.0. The molecular formula is C26H53N. The molecule has 0 aliphatic rings. The number of hydrogen-bond donors (Lipinski definition) is 0. The number of hydrogen-bond acceptors (Lipinski definition) is 1. The maximum Gasteiger partial charge on any atom is -0.0140 e. The molecule has 0 radical (unpaired) electrons. The molecule has 0 heterocycles. The minimum Gasteiger partial charge on any atom is -0.312 e. The first kappa shape index (κ1) is 33.5. The smallest absolute Gasteiger partial charge is 0.0140 e. The molecule has 0 saturated heterocycles. The monoisotopic (exact) mass is 379 g/mol. The van der Waals surface area contributed by atoms with Gasteiger partial charge in [0, 0.05) is 0 Å². The Bertz CT molecular complexity index is 413. The van der Waals surface area contributed by atoms with Crippen molar-refractivity contribution in [2.24, 2.45) is 5.92 Å². The lowest BCUT2D eigenvalue weighted by Crippen LogP contribution is -2.02. The molecule has 0 spiro atoms. The summed E-state index contributed by atoms with van der Waals surface area (Å²) >= 11 is 0. The van der Waals surface area contributed by atoms with Gasteiger partial charge in [-0.1, -0.05) is 98.1 Å². The predicted octanol–water partition coefficient (Wildman–Crippen LogP) is 8.48. The van der Waals surface area contributed by atoms with E-state index in [1.54, 1.807) is 0 Å². The molecule has 0 aromatic heterocycles. The van der Waals surface area contributed by atoms with E-state index in [1.807, 2.05) is 53.7 Å². The van der Waals surface area contributed by atoms with Gasteiger partial charge in [-0.05, 0) is 70.9 Å². The molecule has 1 unspecified atom stereocenters. The van der Waals surface area contributed by atoms with Gasteiger partial charge in [0.15, 0.2) is 0 Å². The molecule has 0 amide bonds. The summed E-state index contributed by atoms with van der Waals surface area (Å²) in [6.45, 7) is 25.1. The quantitative estimate of drug-likeness (QED) is 0.463. The Hall–Kier alpha value is -1.08. The molecule has 27 heavy (non-hydrogen) atoms. The van der Waals surface area contributed by atoms with Crippen LogP contribution in [0.25, 0.3) is 0 Å². The summed E-state index contributed by atoms with van der Waals surface area (Å²) in [7, 11) is 6.00. The average Bonchev–Trinajstić information content (AvgIpc) is 2.63. The molecule has 0 fully saturated rings. The first-order valence-corrected chi connectivity index (χ1v) is 11.0. The van der Waals surface area contributed by atoms with Crippen molar-refractivity contribution < 1.29 is 0 Å². The maximum absolute atomic E-state index is 4.00. The van der Waals surface area contributed by atoms with Crippen molar-refractivity contribution in [2.45, 2.75) is 94.9 Å². The fraction of sp³-hybridized carbons (Fsp3) is 0.692. The van der Waals surface area contributed by atoms with E-state index in [2.05, 4.69) is 66.3 Å². The lowest BCUT2D eigenvalue weighted by molar-refractivity contribution is 0.505. The number of unbranched alkanes of at least 4 members (excludes halogenated alkanes) is 2. The lowest BCUT2D eigenvalue weighted by Gasteiger charge is -2.14. The zero-order valence-electron chi connectivity index (χ0n) is 21.3. The Morgan fingerprint density at radius 2 is 1.37 bits per heavy atom. The van der Waals surface area contributed by atoms with Crippen LogP contribution in [-0.4, -0.2) is 26.0 Å². The van der Waals surface area contributed by atoms with Crippen LogP contribution in [0.15, 0.2) is 30.4 Å². The van der Waals surface area contributed by atoms with Crippen LogP contribution in [-0.2, 0) is 6.42 Å². The van der Waals surface area contributed by atoms with E-state index in [1.165, 1.54) is 41.5 Å². The molecule has 1 heteroatoms. The maximum atomic E-state index is 4.00. The number of benzene rings is 1. The van der Waals surface area contributed by atoms with E-state index in [4.69, 9.17) is 0 Å². The summed E-state index contributed by atoms with van der Waals surface area (Å²) in [4.78, 5) is 2.00. The SMILES string of the molecule is C=C(C)C(C)Cc1cccc(C)c1C.CC.CC.CCCCC.CN(C)C. The molecule has 0 bridgehead atoms. The van der Waals surface area contributed by atoms with Crippen LogP contribution in [0, 0.1) is 19.8 Å². The number of allylic oxidation sites excluding steroid dienone is 1. The molecule has 1 aromatic carbocycles. The summed E-state index contributed by atoms with van der Waals surface area (Å²) in [5.74, 6) is 0.579. The van der Waals surface area contributed by atoms with Crippen molar-refractivity contribution >= 4 is 0 Å². The molecule has 0 N–H and O–H groups in total. The Morgan fingerprint density at radius 3 is 1.67 bits per heavy atom. The number of aryl methyl sites for hydroxylation is 1. The van der Waals surface area contributed by atoms with Crippen molar-refractivity contribution in [3.8, 4) is 0 Å². The summed E-state index contributed by atoms with van der Waals surface area (Å²) in [6, 6.07) is 6.54. The summed E-state index contributed by atoms with van der Waals surface area (Å²) in [6.07, 6.45) is 5.19. The van der Waals surface area contributed by atoms with Gasteiger partial charge in [-0.15, -0.1) is 0 Å². The molecule has 1 aromatic rings. The third kappa shape index (κ3) is 24.9. The zero-order valence-corrected chi connectivity index (χ0v) is 21.3. The fourth-order valence-corrected chi connectivity index (χ4v) is 1.89. The molecular weight excluding hydrogens is 326 g/mol. The van der Waals surface area contributed by atoms with Crippen molar-refractivity contribution in [1.29, 1.82) is 0 Å². The van der Waals surface area contributed by atoms with Crippen LogP contribution in [0.5, 0.6) is 0 Å². The fourth-order valence-electron chi connectivity index (χ4n) is 1.89. The van der Waals surface area contributed by atoms with Gasteiger partial charge in [-0.2, -0.15) is 0 Å². The van der Waals surface area contributed by atoms with Gasteiger partial charge in [-0.3, -0.25) is 0 Å². The second-order valence-corrected chi connectivity index (χ2v) is 7.01. The van der Waals surface area contributed by atoms with Crippen LogP contribution >= 0.6 is 0 Å². The number of rotatable bonds is 5. The normalized spacial score (nSPS) is 9.85. The summed E-state index contributed by atoms with van der Waals surface area (Å²) < 4.78 is 0. The Balaban J connectivity index is -0.000000169. The van der Waals surface area contributed by atoms with Gasteiger partial charge in [0.2, 0.25) is 0 Å². The van der Waals surface area contributed by atoms with Crippen LogP contribution in [0.2, 0.25) is 0 Å². The second-order valence-electron chi connectivity index (χ2n) is 7.01. The largest absolute Gasteiger partial charge is 0.312 e. The van der Waals surface area contributed by atoms with Crippen LogP contribution in [0.3, 0.4) is 0 Å². The highest BCUT2D eigenvalue weighted by Gasteiger charge is 2.06. The summed E-state index contributed by atoms with van der Waals surface area (Å²) in [5, 5.41) is 0. The van der Waals surface area contributed by atoms with Crippen molar-refractivity contribution in [2.75, 3.05) is 21.1 Å². The van der Waals surface area contributed by atoms with Crippen molar-refractivity contribution in [1.82, 2.24) is 4.90 Å². The van der Waals surface area contributed by atoms with Gasteiger partial charge in [0.1, 0.15) is 0 Å². The lowest BCUT2D eigenvalue weighted by atomic mass is 9.91. The molecule has 1 atom stereocenters. The van der Waals surface area contributed by atoms with Crippen molar-refractivity contribution in [3.63, 3.8) is 0 Å². The first-order chi connectivity index (χ1) is 12.7. The predicted molar refractivity (Wildman–Crippen MR) is 131 cm³/mol. The molecule has 0 aliphatic heterocycles. The molecule has 0 aliphatic carbocycles. The molecule has 1 nitrogen and oxygen atoms in total. The molecule has 162 valence electrons. The summed E-state index contributed by atoms with van der Waals surface area (Å²) in [5.41, 5.74) is 5.54. The highest BCUT2D eigenvalue weighted by Crippen LogP contribution is 2.19. The Kier molecular flexibility index (Phi) is 30.9. The third-order valence-corrected chi connectivity index (χ3v) is 3.79. The van der Waals surface area contributed by atoms with Crippen molar-refractivity contribution in [3.05, 3.63) is 47.0 Å². The zero-order chi connectivity index (χ0) is 22.4. The topological polar surface area (TPSA) is 3.24 Å². The van der Waals surface area contributed by atoms with E-state index in [-0.39, 0.29) is 0 Å². The molecule has 0 saturated carbocycles. The van der Waals surface area contributed by atoms with E-state index >= 15 is 0 Å². The van der Waals surface area contributed by atoms with E-state index in [0.29, 0.717) is 5.92 Å². The van der Waals surface area contributed by atoms with Gasteiger partial charge in [0.05, 0.1) is 0 Å². The van der Waals surface area contributed by atoms with E-state index in [9.17, 15) is 0 Å². The minimum atomic E-state index is 0.579. The van der Waals surface area contributed by atoms with Gasteiger partial charge < -0.3 is 4.90 Å². The Morgan fingerprint density at radius 1 is 0.963 bits per heavy atom. The Labute approximate surface area is 174 Å². The highest BCUT2D eigenvalue weighted by molar-refractivity contribution is 5.33. The van der Waals surface area contributed by atoms with E-state index in [0.717, 1.165) is 6.42 Å². The van der Waals surface area contributed by atoms with Gasteiger partial charge in [0.25, 0.3) is 0 Å². The standard InChI is InChI=1S/C14H20.C5H12.C3H9N.2C2H6/c1-10(2)12(4)9-14-8-6-7-11(3)13(14)5;1-3-5-4-2;1-4(2)3;2*1-2/h6-8,12H,1,9H2,2-5H3;3-5H2,1-2H3;1-3H3;2*1-2H3. The minimum absolute atomic E-state index is 0.579. The van der Waals surface area contributed by atoms with Crippen LogP contribution in [0.4, 0.5) is 0 Å². The molecule has 1 rings (SSSR count). The van der Waals surface area contributed by atoms with Gasteiger partial charge >= 0.3 is 0 Å². The van der Waals surface area contributed by atoms with Gasteiger partial charge in [-0.25, -0.2) is 0 Å². The van der Waals surface area contributed by atoms with E-state index < -0.39 is 0 Å². The average molecular weight is 380 g/mol. The second kappa shape index (κ2) is 24.9. The highest BCUT2D eigenvalue weighted by atomic mass is 15.0.